The molecule has 2 N–H and O–H groups in total. The van der Waals surface area contributed by atoms with E-state index < -0.39 is 0 Å². The molecule has 0 aromatic heterocycles. The van der Waals surface area contributed by atoms with E-state index in [1.807, 2.05) is 11.8 Å². The first kappa shape index (κ1) is 14.5. The van der Waals surface area contributed by atoms with Gasteiger partial charge in [0, 0.05) is 25.7 Å². The fourth-order valence-electron chi connectivity index (χ4n) is 3.42. The Hall–Kier alpha value is -1.39. The molecule has 4 heteroatoms. The van der Waals surface area contributed by atoms with E-state index in [0.29, 0.717) is 0 Å². The van der Waals surface area contributed by atoms with Crippen molar-refractivity contribution in [1.82, 2.24) is 15.5 Å². The molecule has 0 aliphatic carbocycles. The van der Waals surface area contributed by atoms with E-state index in [0.717, 1.165) is 45.4 Å². The number of carbonyl (C=O) groups excluding carboxylic acids is 1. The van der Waals surface area contributed by atoms with E-state index in [4.69, 9.17) is 0 Å². The van der Waals surface area contributed by atoms with Gasteiger partial charge in [-0.2, -0.15) is 0 Å². The number of nitrogens with zero attached hydrogens (tertiary/aromatic N) is 1. The van der Waals surface area contributed by atoms with Gasteiger partial charge in [0.2, 0.25) is 5.91 Å². The van der Waals surface area contributed by atoms with Gasteiger partial charge < -0.3 is 10.2 Å². The highest BCUT2D eigenvalue weighted by molar-refractivity contribution is 5.81. The molecule has 0 saturated carbocycles. The van der Waals surface area contributed by atoms with Crippen molar-refractivity contribution < 1.29 is 4.79 Å². The first-order valence-electron chi connectivity index (χ1n) is 8.09. The van der Waals surface area contributed by atoms with Crippen LogP contribution in [0.15, 0.2) is 24.3 Å². The molecule has 1 aromatic carbocycles. The largest absolute Gasteiger partial charge is 0.341 e. The van der Waals surface area contributed by atoms with Crippen LogP contribution < -0.4 is 10.6 Å². The highest BCUT2D eigenvalue weighted by atomic mass is 16.2. The number of rotatable bonds is 3. The Morgan fingerprint density at radius 1 is 1.33 bits per heavy atom. The number of fused-ring (bicyclic) bond motifs is 1. The van der Waals surface area contributed by atoms with E-state index >= 15 is 0 Å². The third-order valence-electron chi connectivity index (χ3n) is 4.60. The molecule has 2 aliphatic rings. The lowest BCUT2D eigenvalue weighted by Gasteiger charge is -2.26. The van der Waals surface area contributed by atoms with Gasteiger partial charge in [0.15, 0.2) is 0 Å². The number of carbonyl (C=O) groups is 1. The maximum absolute atomic E-state index is 12.5. The van der Waals surface area contributed by atoms with Gasteiger partial charge in [-0.05, 0) is 43.9 Å². The summed E-state index contributed by atoms with van der Waals surface area (Å²) in [5.74, 6) is 0.252. The standard InChI is InChI=1S/C17H25N3O/c1-13(17(21)20-10-4-5-11-20)19-16-8-9-18-12-14-6-2-3-7-15(14)16/h2-3,6-7,13,16,18-19H,4-5,8-12H2,1H3. The van der Waals surface area contributed by atoms with Gasteiger partial charge in [0.05, 0.1) is 6.04 Å². The molecular weight excluding hydrogens is 262 g/mol. The number of likely N-dealkylation sites (tertiary alicyclic amines) is 1. The molecule has 1 aromatic rings. The van der Waals surface area contributed by atoms with Crippen LogP contribution in [0, 0.1) is 0 Å². The highest BCUT2D eigenvalue weighted by Crippen LogP contribution is 2.24. The number of hydrogen-bond acceptors (Lipinski definition) is 3. The predicted octanol–water partition coefficient (Wildman–Crippen LogP) is 1.82. The lowest BCUT2D eigenvalue weighted by molar-refractivity contribution is -0.132. The molecule has 0 spiro atoms. The molecule has 1 fully saturated rings. The second kappa shape index (κ2) is 6.58. The van der Waals surface area contributed by atoms with E-state index in [2.05, 4.69) is 34.9 Å². The van der Waals surface area contributed by atoms with E-state index in [9.17, 15) is 4.79 Å². The first-order valence-corrected chi connectivity index (χ1v) is 8.09. The lowest BCUT2D eigenvalue weighted by atomic mass is 9.98. The molecule has 114 valence electrons. The minimum absolute atomic E-state index is 0.112. The Balaban J connectivity index is 1.70. The average Bonchev–Trinajstić information content (AvgIpc) is 2.97. The second-order valence-electron chi connectivity index (χ2n) is 6.14. The summed E-state index contributed by atoms with van der Waals surface area (Å²) >= 11 is 0. The number of nitrogens with one attached hydrogen (secondary N) is 2. The van der Waals surface area contributed by atoms with Gasteiger partial charge in [-0.15, -0.1) is 0 Å². The monoisotopic (exact) mass is 287 g/mol. The third-order valence-corrected chi connectivity index (χ3v) is 4.60. The smallest absolute Gasteiger partial charge is 0.239 e. The zero-order chi connectivity index (χ0) is 14.7. The summed E-state index contributed by atoms with van der Waals surface area (Å²) in [5.41, 5.74) is 2.68. The third kappa shape index (κ3) is 3.27. The summed E-state index contributed by atoms with van der Waals surface area (Å²) in [5, 5.41) is 7.02. The summed E-state index contributed by atoms with van der Waals surface area (Å²) in [6.07, 6.45) is 3.32. The number of hydrogen-bond donors (Lipinski definition) is 2. The number of amides is 1. The summed E-state index contributed by atoms with van der Waals surface area (Å²) < 4.78 is 0. The Labute approximate surface area is 126 Å². The fraction of sp³-hybridized carbons (Fsp3) is 0.588. The van der Waals surface area contributed by atoms with Crippen molar-refractivity contribution in [3.05, 3.63) is 35.4 Å². The minimum atomic E-state index is -0.112. The van der Waals surface area contributed by atoms with Crippen LogP contribution >= 0.6 is 0 Å². The van der Waals surface area contributed by atoms with Crippen LogP contribution in [0.4, 0.5) is 0 Å². The predicted molar refractivity (Wildman–Crippen MR) is 83.9 cm³/mol. The highest BCUT2D eigenvalue weighted by Gasteiger charge is 2.26. The molecule has 2 aliphatic heterocycles. The van der Waals surface area contributed by atoms with Crippen molar-refractivity contribution in [2.45, 2.75) is 44.8 Å². The van der Waals surface area contributed by atoms with Crippen LogP contribution in [-0.4, -0.2) is 36.5 Å². The van der Waals surface area contributed by atoms with Crippen molar-refractivity contribution >= 4 is 5.91 Å². The minimum Gasteiger partial charge on any atom is -0.341 e. The van der Waals surface area contributed by atoms with Crippen LogP contribution in [0.1, 0.15) is 43.4 Å². The van der Waals surface area contributed by atoms with E-state index in [1.54, 1.807) is 0 Å². The van der Waals surface area contributed by atoms with Crippen LogP contribution in [-0.2, 0) is 11.3 Å². The Kier molecular flexibility index (Phi) is 4.56. The Morgan fingerprint density at radius 2 is 2.10 bits per heavy atom. The summed E-state index contributed by atoms with van der Waals surface area (Å²) in [7, 11) is 0. The fourth-order valence-corrected chi connectivity index (χ4v) is 3.42. The zero-order valence-electron chi connectivity index (χ0n) is 12.8. The molecule has 2 atom stereocenters. The maximum atomic E-state index is 12.5. The molecule has 0 radical (unpaired) electrons. The van der Waals surface area contributed by atoms with Gasteiger partial charge in [0.25, 0.3) is 0 Å². The van der Waals surface area contributed by atoms with Crippen LogP contribution in [0.2, 0.25) is 0 Å². The number of benzene rings is 1. The molecule has 3 rings (SSSR count). The molecule has 2 unspecified atom stereocenters. The molecular formula is C17H25N3O. The molecule has 4 nitrogen and oxygen atoms in total. The van der Waals surface area contributed by atoms with Crippen molar-refractivity contribution in [1.29, 1.82) is 0 Å². The van der Waals surface area contributed by atoms with Crippen LogP contribution in [0.5, 0.6) is 0 Å². The summed E-state index contributed by atoms with van der Waals surface area (Å²) in [4.78, 5) is 14.5. The summed E-state index contributed by atoms with van der Waals surface area (Å²) in [6, 6.07) is 8.69. The second-order valence-corrected chi connectivity index (χ2v) is 6.14. The van der Waals surface area contributed by atoms with E-state index in [-0.39, 0.29) is 18.0 Å². The van der Waals surface area contributed by atoms with Gasteiger partial charge in [0.1, 0.15) is 0 Å². The Morgan fingerprint density at radius 3 is 2.90 bits per heavy atom. The van der Waals surface area contributed by atoms with Crippen molar-refractivity contribution in [3.63, 3.8) is 0 Å². The topological polar surface area (TPSA) is 44.4 Å². The zero-order valence-corrected chi connectivity index (χ0v) is 12.8. The Bertz CT molecular complexity index is 497. The molecule has 21 heavy (non-hydrogen) atoms. The molecule has 0 bridgehead atoms. The van der Waals surface area contributed by atoms with Crippen molar-refractivity contribution in [3.8, 4) is 0 Å². The van der Waals surface area contributed by atoms with Crippen LogP contribution in [0.25, 0.3) is 0 Å². The van der Waals surface area contributed by atoms with Crippen LogP contribution in [0.3, 0.4) is 0 Å². The van der Waals surface area contributed by atoms with Crippen molar-refractivity contribution in [2.75, 3.05) is 19.6 Å². The first-order chi connectivity index (χ1) is 10.3. The van der Waals surface area contributed by atoms with Gasteiger partial charge >= 0.3 is 0 Å². The average molecular weight is 287 g/mol. The molecule has 2 heterocycles. The van der Waals surface area contributed by atoms with Gasteiger partial charge in [-0.25, -0.2) is 0 Å². The summed E-state index contributed by atoms with van der Waals surface area (Å²) in [6.45, 7) is 5.75. The van der Waals surface area contributed by atoms with Gasteiger partial charge in [-0.1, -0.05) is 24.3 Å². The SMILES string of the molecule is CC(NC1CCNCc2ccccc21)C(=O)N1CCCC1. The van der Waals surface area contributed by atoms with E-state index in [1.165, 1.54) is 11.1 Å². The maximum Gasteiger partial charge on any atom is 0.239 e. The normalized spacial score (nSPS) is 23.5. The van der Waals surface area contributed by atoms with Gasteiger partial charge in [-0.3, -0.25) is 10.1 Å². The molecule has 1 amide bonds. The molecule has 1 saturated heterocycles. The van der Waals surface area contributed by atoms with Crippen molar-refractivity contribution in [2.24, 2.45) is 0 Å². The quantitative estimate of drug-likeness (QED) is 0.891. The lowest BCUT2D eigenvalue weighted by Crippen LogP contribution is -2.45.